The molecule has 4 nitrogen and oxygen atoms in total. The minimum Gasteiger partial charge on any atom is -0.462 e. The molecule has 4 fully saturated rings. The van der Waals surface area contributed by atoms with E-state index in [2.05, 4.69) is 13.8 Å². The van der Waals surface area contributed by atoms with Crippen LogP contribution in [0.25, 0.3) is 0 Å². The Morgan fingerprint density at radius 1 is 1.26 bits per heavy atom. The molecule has 0 aromatic heterocycles. The molecule has 0 amide bonds. The first-order valence-electron chi connectivity index (χ1n) is 7.49. The second kappa shape index (κ2) is 3.81. The summed E-state index contributed by atoms with van der Waals surface area (Å²) in [4.78, 5) is 24.0. The van der Waals surface area contributed by atoms with E-state index in [1.807, 2.05) is 0 Å². The molecule has 0 aromatic rings. The van der Waals surface area contributed by atoms with E-state index >= 15 is 0 Å². The summed E-state index contributed by atoms with van der Waals surface area (Å²) >= 11 is 0. The van der Waals surface area contributed by atoms with E-state index in [4.69, 9.17) is 9.47 Å². The van der Waals surface area contributed by atoms with Crippen molar-refractivity contribution in [2.75, 3.05) is 0 Å². The van der Waals surface area contributed by atoms with Gasteiger partial charge in [-0.05, 0) is 24.7 Å². The Morgan fingerprint density at radius 2 is 1.95 bits per heavy atom. The predicted octanol–water partition coefficient (Wildman–Crippen LogP) is 1.57. The van der Waals surface area contributed by atoms with Gasteiger partial charge in [-0.15, -0.1) is 0 Å². The smallest absolute Gasteiger partial charge is 0.310 e. The van der Waals surface area contributed by atoms with Gasteiger partial charge in [0.1, 0.15) is 12.2 Å². The summed E-state index contributed by atoms with van der Waals surface area (Å²) in [6.45, 7) is 4.32. The number of epoxide rings is 1. The van der Waals surface area contributed by atoms with Crippen LogP contribution in [-0.4, -0.2) is 30.1 Å². The van der Waals surface area contributed by atoms with Crippen molar-refractivity contribution in [3.63, 3.8) is 0 Å². The number of esters is 1. The lowest BCUT2D eigenvalue weighted by atomic mass is 9.80. The standard InChI is InChI=1S/C15H20O4/c1-6-4-3-5-7(2)12(6)19-15(17)10-8-9(10)13-14(18-13)11(8)16/h6-10,12-14H,3-5H2,1-2H3/t6?,7?,8-,9+,10+,12?,13+,14-/m0/s1. The molecule has 7 atom stereocenters. The molecular formula is C15H20O4. The highest BCUT2D eigenvalue weighted by Gasteiger charge is 2.78. The molecule has 3 aliphatic carbocycles. The third-order valence-corrected chi connectivity index (χ3v) is 5.55. The van der Waals surface area contributed by atoms with Crippen LogP contribution in [0.2, 0.25) is 0 Å². The van der Waals surface area contributed by atoms with E-state index in [0.717, 1.165) is 12.8 Å². The van der Waals surface area contributed by atoms with Gasteiger partial charge in [0, 0.05) is 11.8 Å². The summed E-state index contributed by atoms with van der Waals surface area (Å²) in [7, 11) is 0. The van der Waals surface area contributed by atoms with Crippen molar-refractivity contribution in [3.05, 3.63) is 0 Å². The molecule has 104 valence electrons. The van der Waals surface area contributed by atoms with Crippen LogP contribution in [0.3, 0.4) is 0 Å². The monoisotopic (exact) mass is 264 g/mol. The van der Waals surface area contributed by atoms with Crippen molar-refractivity contribution in [2.24, 2.45) is 29.6 Å². The molecule has 1 saturated heterocycles. The van der Waals surface area contributed by atoms with Gasteiger partial charge in [0.05, 0.1) is 12.0 Å². The van der Waals surface area contributed by atoms with Crippen LogP contribution in [0.15, 0.2) is 0 Å². The first-order chi connectivity index (χ1) is 9.09. The fraction of sp³-hybridized carbons (Fsp3) is 0.867. The zero-order valence-corrected chi connectivity index (χ0v) is 11.4. The minimum atomic E-state index is -0.197. The van der Waals surface area contributed by atoms with Crippen molar-refractivity contribution < 1.29 is 19.1 Å². The first kappa shape index (κ1) is 11.9. The largest absolute Gasteiger partial charge is 0.462 e. The molecule has 1 aliphatic heterocycles. The Hall–Kier alpha value is -0.900. The maximum atomic E-state index is 12.3. The van der Waals surface area contributed by atoms with Crippen LogP contribution in [0.5, 0.6) is 0 Å². The highest BCUT2D eigenvalue weighted by atomic mass is 16.6. The number of hydrogen-bond acceptors (Lipinski definition) is 4. The molecular weight excluding hydrogens is 244 g/mol. The topological polar surface area (TPSA) is 55.9 Å². The van der Waals surface area contributed by atoms with Gasteiger partial charge >= 0.3 is 5.97 Å². The van der Waals surface area contributed by atoms with Crippen LogP contribution in [0.1, 0.15) is 33.1 Å². The number of carbonyl (C=O) groups excluding carboxylic acids is 2. The number of rotatable bonds is 2. The van der Waals surface area contributed by atoms with Crippen LogP contribution in [0.4, 0.5) is 0 Å². The van der Waals surface area contributed by atoms with Gasteiger partial charge in [0.25, 0.3) is 0 Å². The Bertz CT molecular complexity index is 435. The van der Waals surface area contributed by atoms with E-state index in [1.165, 1.54) is 6.42 Å². The summed E-state index contributed by atoms with van der Waals surface area (Å²) in [5.74, 6) is 0.727. The summed E-state index contributed by atoms with van der Waals surface area (Å²) in [6.07, 6.45) is 3.39. The SMILES string of the molecule is CC1CCCC(C)C1OC(=O)[C@@H]1[C@H]2C(=O)[C@@H]3O[C@@H]3[C@@H]12. The summed E-state index contributed by atoms with van der Waals surface area (Å²) < 4.78 is 11.0. The maximum absolute atomic E-state index is 12.3. The van der Waals surface area contributed by atoms with Crippen LogP contribution < -0.4 is 0 Å². The van der Waals surface area contributed by atoms with Crippen molar-refractivity contribution in [1.29, 1.82) is 0 Å². The van der Waals surface area contributed by atoms with Crippen molar-refractivity contribution >= 4 is 11.8 Å². The number of fused-ring (bicyclic) bond motifs is 3. The second-order valence-electron chi connectivity index (χ2n) is 6.84. The number of hydrogen-bond donors (Lipinski definition) is 0. The van der Waals surface area contributed by atoms with Gasteiger partial charge in [-0.3, -0.25) is 9.59 Å². The van der Waals surface area contributed by atoms with Crippen molar-refractivity contribution in [3.8, 4) is 0 Å². The maximum Gasteiger partial charge on any atom is 0.310 e. The second-order valence-corrected chi connectivity index (χ2v) is 6.84. The van der Waals surface area contributed by atoms with Crippen LogP contribution in [-0.2, 0) is 19.1 Å². The third kappa shape index (κ3) is 1.62. The zero-order chi connectivity index (χ0) is 13.3. The number of Topliss-reactive ketones (excluding diaryl/α,β-unsaturated/α-hetero) is 1. The molecule has 2 unspecified atom stereocenters. The number of carbonyl (C=O) groups is 2. The van der Waals surface area contributed by atoms with Gasteiger partial charge < -0.3 is 9.47 Å². The Kier molecular flexibility index (Phi) is 2.39. The molecule has 1 heterocycles. The fourth-order valence-corrected chi connectivity index (χ4v) is 4.34. The highest BCUT2D eigenvalue weighted by molar-refractivity contribution is 6.00. The Morgan fingerprint density at radius 3 is 2.53 bits per heavy atom. The molecule has 0 aromatic carbocycles. The minimum absolute atomic E-state index is 0.0357. The van der Waals surface area contributed by atoms with E-state index in [1.54, 1.807) is 0 Å². The lowest BCUT2D eigenvalue weighted by Gasteiger charge is -2.34. The molecule has 4 rings (SSSR count). The van der Waals surface area contributed by atoms with Crippen molar-refractivity contribution in [2.45, 2.75) is 51.4 Å². The summed E-state index contributed by atoms with van der Waals surface area (Å²) in [5, 5.41) is 0. The van der Waals surface area contributed by atoms with E-state index < -0.39 is 0 Å². The molecule has 0 N–H and O–H groups in total. The van der Waals surface area contributed by atoms with Gasteiger partial charge in [0.2, 0.25) is 0 Å². The van der Waals surface area contributed by atoms with Gasteiger partial charge in [-0.25, -0.2) is 0 Å². The van der Waals surface area contributed by atoms with Crippen LogP contribution >= 0.6 is 0 Å². The zero-order valence-electron chi connectivity index (χ0n) is 11.4. The average Bonchev–Trinajstić information content (AvgIpc) is 3.21. The Balaban J connectivity index is 1.41. The normalized spacial score (nSPS) is 54.3. The van der Waals surface area contributed by atoms with Crippen LogP contribution in [0, 0.1) is 29.6 Å². The average molecular weight is 264 g/mol. The highest BCUT2D eigenvalue weighted by Crippen LogP contribution is 2.63. The summed E-state index contributed by atoms with van der Waals surface area (Å²) in [6, 6.07) is 0. The Labute approximate surface area is 112 Å². The van der Waals surface area contributed by atoms with Gasteiger partial charge in [-0.2, -0.15) is 0 Å². The molecule has 4 aliphatic rings. The molecule has 3 saturated carbocycles. The molecule has 0 radical (unpaired) electrons. The molecule has 0 spiro atoms. The van der Waals surface area contributed by atoms with E-state index in [0.29, 0.717) is 11.8 Å². The number of ketones is 1. The fourth-order valence-electron chi connectivity index (χ4n) is 4.34. The van der Waals surface area contributed by atoms with E-state index in [-0.39, 0.29) is 47.8 Å². The summed E-state index contributed by atoms with van der Waals surface area (Å²) in [5.41, 5.74) is 0. The predicted molar refractivity (Wildman–Crippen MR) is 66.2 cm³/mol. The molecule has 0 bridgehead atoms. The van der Waals surface area contributed by atoms with Gasteiger partial charge in [-0.1, -0.05) is 20.3 Å². The van der Waals surface area contributed by atoms with E-state index in [9.17, 15) is 9.59 Å². The molecule has 4 heteroatoms. The third-order valence-electron chi connectivity index (χ3n) is 5.55. The lowest BCUT2D eigenvalue weighted by Crippen LogP contribution is -2.35. The molecule has 19 heavy (non-hydrogen) atoms. The van der Waals surface area contributed by atoms with Crippen molar-refractivity contribution in [1.82, 2.24) is 0 Å². The lowest BCUT2D eigenvalue weighted by molar-refractivity contribution is -0.159. The first-order valence-corrected chi connectivity index (χ1v) is 7.49. The quantitative estimate of drug-likeness (QED) is 0.561. The number of ether oxygens (including phenoxy) is 2. The van der Waals surface area contributed by atoms with Gasteiger partial charge in [0.15, 0.2) is 5.78 Å².